The van der Waals surface area contributed by atoms with Gasteiger partial charge in [-0.1, -0.05) is 36.4 Å². The molecule has 2 atom stereocenters. The maximum Gasteiger partial charge on any atom is 0.243 e. The van der Waals surface area contributed by atoms with E-state index in [1.165, 1.54) is 11.2 Å². The number of carbonyl (C=O) groups is 1. The van der Waals surface area contributed by atoms with E-state index in [2.05, 4.69) is 0 Å². The van der Waals surface area contributed by atoms with E-state index in [1.54, 1.807) is 17.0 Å². The number of nitrogens with zero attached hydrogens (tertiary/aromatic N) is 2. The van der Waals surface area contributed by atoms with Crippen molar-refractivity contribution >= 4 is 21.6 Å². The summed E-state index contributed by atoms with van der Waals surface area (Å²) in [5, 5.41) is 0. The Bertz CT molecular complexity index is 975. The molecule has 2 aliphatic heterocycles. The number of sulfonamides is 1. The Balaban J connectivity index is 1.63. The maximum absolute atomic E-state index is 13.2. The third kappa shape index (κ3) is 3.16. The number of amides is 1. The molecule has 1 saturated heterocycles. The van der Waals surface area contributed by atoms with Crippen LogP contribution in [0.1, 0.15) is 24.0 Å². The van der Waals surface area contributed by atoms with Crippen LogP contribution in [0.15, 0.2) is 53.4 Å². The summed E-state index contributed by atoms with van der Waals surface area (Å²) in [6.07, 6.45) is 0.750. The Morgan fingerprint density at radius 1 is 1.11 bits per heavy atom. The number of benzene rings is 2. The lowest BCUT2D eigenvalue weighted by atomic mass is 9.95. The Kier molecular flexibility index (Phi) is 4.53. The Hall–Kier alpha value is -2.22. The molecule has 27 heavy (non-hydrogen) atoms. The highest BCUT2D eigenvalue weighted by atomic mass is 32.2. The van der Waals surface area contributed by atoms with Gasteiger partial charge in [-0.15, -0.1) is 0 Å². The van der Waals surface area contributed by atoms with E-state index < -0.39 is 10.0 Å². The second-order valence-electron chi connectivity index (χ2n) is 7.21. The van der Waals surface area contributed by atoms with E-state index in [4.69, 9.17) is 5.73 Å². The van der Waals surface area contributed by atoms with Crippen molar-refractivity contribution < 1.29 is 13.2 Å². The average molecular weight is 385 g/mol. The lowest BCUT2D eigenvalue weighted by molar-refractivity contribution is -0.116. The van der Waals surface area contributed by atoms with Crippen LogP contribution in [0.25, 0.3) is 0 Å². The molecule has 4 rings (SSSR count). The lowest BCUT2D eigenvalue weighted by Crippen LogP contribution is -2.32. The molecule has 0 aliphatic carbocycles. The molecule has 0 unspecified atom stereocenters. The summed E-state index contributed by atoms with van der Waals surface area (Å²) in [6, 6.07) is 14.6. The van der Waals surface area contributed by atoms with Crippen molar-refractivity contribution in [1.29, 1.82) is 0 Å². The van der Waals surface area contributed by atoms with Crippen molar-refractivity contribution in [3.63, 3.8) is 0 Å². The number of hydrogen-bond acceptors (Lipinski definition) is 4. The second-order valence-corrected chi connectivity index (χ2v) is 9.15. The number of nitrogens with two attached hydrogens (primary N) is 1. The molecule has 0 spiro atoms. The van der Waals surface area contributed by atoms with Crippen molar-refractivity contribution in [2.75, 3.05) is 24.5 Å². The van der Waals surface area contributed by atoms with Crippen LogP contribution in [0.5, 0.6) is 0 Å². The number of carbonyl (C=O) groups excluding carboxylic acids is 1. The topological polar surface area (TPSA) is 83.7 Å². The van der Waals surface area contributed by atoms with Gasteiger partial charge in [-0.05, 0) is 29.7 Å². The van der Waals surface area contributed by atoms with Gasteiger partial charge in [0.1, 0.15) is 0 Å². The van der Waals surface area contributed by atoms with Gasteiger partial charge < -0.3 is 10.6 Å². The molecule has 2 heterocycles. The molecule has 142 valence electrons. The highest BCUT2D eigenvalue weighted by molar-refractivity contribution is 7.89. The minimum absolute atomic E-state index is 0.0240. The van der Waals surface area contributed by atoms with Gasteiger partial charge in [0.15, 0.2) is 0 Å². The van der Waals surface area contributed by atoms with Gasteiger partial charge in [-0.2, -0.15) is 4.31 Å². The minimum Gasteiger partial charge on any atom is -0.326 e. The van der Waals surface area contributed by atoms with E-state index in [0.717, 1.165) is 17.5 Å². The fourth-order valence-electron chi connectivity index (χ4n) is 4.04. The first-order valence-corrected chi connectivity index (χ1v) is 10.5. The van der Waals surface area contributed by atoms with Gasteiger partial charge in [0.2, 0.25) is 15.9 Å². The predicted molar refractivity (Wildman–Crippen MR) is 104 cm³/mol. The van der Waals surface area contributed by atoms with Gasteiger partial charge in [-0.3, -0.25) is 4.79 Å². The molecule has 2 aromatic carbocycles. The van der Waals surface area contributed by atoms with Crippen LogP contribution in [0.3, 0.4) is 0 Å². The zero-order chi connectivity index (χ0) is 19.2. The quantitative estimate of drug-likeness (QED) is 0.872. The SMILES string of the molecule is CC(=O)N1CCc2ccc(S(=O)(=O)N3C[C@@H](N)[C@H](c4ccccc4)C3)cc21. The van der Waals surface area contributed by atoms with Crippen molar-refractivity contribution in [3.8, 4) is 0 Å². The van der Waals surface area contributed by atoms with Crippen molar-refractivity contribution in [2.45, 2.75) is 30.2 Å². The van der Waals surface area contributed by atoms with E-state index >= 15 is 0 Å². The summed E-state index contributed by atoms with van der Waals surface area (Å²) in [5.41, 5.74) is 9.03. The highest BCUT2D eigenvalue weighted by Crippen LogP contribution is 2.34. The van der Waals surface area contributed by atoms with Crippen LogP contribution in [0, 0.1) is 0 Å². The Morgan fingerprint density at radius 2 is 1.85 bits per heavy atom. The largest absolute Gasteiger partial charge is 0.326 e. The van der Waals surface area contributed by atoms with E-state index in [1.807, 2.05) is 36.4 Å². The third-order valence-electron chi connectivity index (χ3n) is 5.53. The van der Waals surface area contributed by atoms with Crippen LogP contribution in [0.4, 0.5) is 5.69 Å². The summed E-state index contributed by atoms with van der Waals surface area (Å²) in [6.45, 7) is 2.75. The molecule has 1 fully saturated rings. The van der Waals surface area contributed by atoms with Gasteiger partial charge in [0.05, 0.1) is 4.90 Å². The lowest BCUT2D eigenvalue weighted by Gasteiger charge is -2.19. The molecular weight excluding hydrogens is 362 g/mol. The van der Waals surface area contributed by atoms with E-state index in [-0.39, 0.29) is 29.3 Å². The molecule has 2 N–H and O–H groups in total. The van der Waals surface area contributed by atoms with E-state index in [9.17, 15) is 13.2 Å². The summed E-state index contributed by atoms with van der Waals surface area (Å²) in [5.74, 6) is -0.0974. The molecule has 2 aromatic rings. The standard InChI is InChI=1S/C20H23N3O3S/c1-14(24)23-10-9-16-7-8-17(11-20(16)23)27(25,26)22-12-18(19(21)13-22)15-5-3-2-4-6-15/h2-8,11,18-19H,9-10,12-13,21H2,1H3/t18-,19+/m0/s1. The molecule has 7 heteroatoms. The minimum atomic E-state index is -3.67. The monoisotopic (exact) mass is 385 g/mol. The second kappa shape index (κ2) is 6.74. The molecule has 6 nitrogen and oxygen atoms in total. The number of fused-ring (bicyclic) bond motifs is 1. The average Bonchev–Trinajstić information content (AvgIpc) is 3.25. The first-order valence-electron chi connectivity index (χ1n) is 9.09. The zero-order valence-electron chi connectivity index (χ0n) is 15.2. The Labute approximate surface area is 159 Å². The van der Waals surface area contributed by atoms with Crippen LogP contribution in [0.2, 0.25) is 0 Å². The van der Waals surface area contributed by atoms with Gasteiger partial charge in [0, 0.05) is 44.2 Å². The molecule has 2 aliphatic rings. The normalized spacial score (nSPS) is 22.8. The molecular formula is C20H23N3O3S. The highest BCUT2D eigenvalue weighted by Gasteiger charge is 2.38. The maximum atomic E-state index is 13.2. The van der Waals surface area contributed by atoms with Crippen molar-refractivity contribution in [1.82, 2.24) is 4.31 Å². The van der Waals surface area contributed by atoms with Crippen LogP contribution in [-0.2, 0) is 21.2 Å². The molecule has 0 saturated carbocycles. The molecule has 0 radical (unpaired) electrons. The van der Waals surface area contributed by atoms with Gasteiger partial charge >= 0.3 is 0 Å². The summed E-state index contributed by atoms with van der Waals surface area (Å²) in [7, 11) is -3.67. The summed E-state index contributed by atoms with van der Waals surface area (Å²) in [4.78, 5) is 13.7. The number of rotatable bonds is 3. The van der Waals surface area contributed by atoms with Crippen LogP contribution < -0.4 is 10.6 Å². The smallest absolute Gasteiger partial charge is 0.243 e. The fraction of sp³-hybridized carbons (Fsp3) is 0.350. The third-order valence-corrected chi connectivity index (χ3v) is 7.36. The summed E-state index contributed by atoms with van der Waals surface area (Å²) < 4.78 is 27.9. The van der Waals surface area contributed by atoms with E-state index in [0.29, 0.717) is 18.8 Å². The Morgan fingerprint density at radius 3 is 2.56 bits per heavy atom. The van der Waals surface area contributed by atoms with Gasteiger partial charge in [0.25, 0.3) is 0 Å². The number of anilines is 1. The molecule has 0 bridgehead atoms. The predicted octanol–water partition coefficient (Wildman–Crippen LogP) is 1.71. The first-order chi connectivity index (χ1) is 12.9. The zero-order valence-corrected chi connectivity index (χ0v) is 16.0. The summed E-state index contributed by atoms with van der Waals surface area (Å²) >= 11 is 0. The number of hydrogen-bond donors (Lipinski definition) is 1. The van der Waals surface area contributed by atoms with Crippen LogP contribution >= 0.6 is 0 Å². The van der Waals surface area contributed by atoms with Crippen molar-refractivity contribution in [2.24, 2.45) is 5.73 Å². The first kappa shape index (κ1) is 18.2. The van der Waals surface area contributed by atoms with Gasteiger partial charge in [-0.25, -0.2) is 8.42 Å². The van der Waals surface area contributed by atoms with Crippen LogP contribution in [-0.4, -0.2) is 44.3 Å². The van der Waals surface area contributed by atoms with Crippen molar-refractivity contribution in [3.05, 3.63) is 59.7 Å². The fourth-order valence-corrected chi connectivity index (χ4v) is 5.56. The molecule has 1 amide bonds. The molecule has 0 aromatic heterocycles.